The van der Waals surface area contributed by atoms with Crippen molar-refractivity contribution in [2.45, 2.75) is 42.1 Å². The summed E-state index contributed by atoms with van der Waals surface area (Å²) in [6.45, 7) is 2.98. The van der Waals surface area contributed by atoms with Crippen LogP contribution in [-0.4, -0.2) is 54.4 Å². The molecule has 0 bridgehead atoms. The van der Waals surface area contributed by atoms with Gasteiger partial charge in [0.25, 0.3) is 0 Å². The Kier molecular flexibility index (Phi) is 7.49. The average Bonchev–Trinajstić information content (AvgIpc) is 2.78. The normalized spacial score (nSPS) is 16.2. The summed E-state index contributed by atoms with van der Waals surface area (Å²) < 4.78 is 40.0. The number of pyridine rings is 1. The van der Waals surface area contributed by atoms with Gasteiger partial charge in [-0.25, -0.2) is 17.8 Å². The third-order valence-corrected chi connectivity index (χ3v) is 8.14. The third kappa shape index (κ3) is 5.39. The summed E-state index contributed by atoms with van der Waals surface area (Å²) in [5.41, 5.74) is 0.850. The standard InChI is InChI=1S/C21H26FN3O3S2/c1-16(17-6-8-18(22)9-7-17)24(2)21(26)15-29-20-11-10-19(14-23-20)30(27,28)25-12-4-3-5-13-25/h6-11,14,16H,3-5,12-13,15H2,1-2H3. The molecule has 0 aliphatic carbocycles. The minimum absolute atomic E-state index is 0.0939. The van der Waals surface area contributed by atoms with Gasteiger partial charge in [-0.15, -0.1) is 0 Å². The Morgan fingerprint density at radius 3 is 2.43 bits per heavy atom. The van der Waals surface area contributed by atoms with Crippen molar-refractivity contribution in [3.05, 3.63) is 54.0 Å². The van der Waals surface area contributed by atoms with Crippen molar-refractivity contribution in [2.24, 2.45) is 0 Å². The zero-order valence-electron chi connectivity index (χ0n) is 17.1. The lowest BCUT2D eigenvalue weighted by Crippen LogP contribution is -2.35. The predicted octanol–water partition coefficient (Wildman–Crippen LogP) is 3.71. The van der Waals surface area contributed by atoms with E-state index >= 15 is 0 Å². The molecular weight excluding hydrogens is 425 g/mol. The van der Waals surface area contributed by atoms with Crippen molar-refractivity contribution in [1.29, 1.82) is 0 Å². The van der Waals surface area contributed by atoms with Crippen molar-refractivity contribution in [1.82, 2.24) is 14.2 Å². The van der Waals surface area contributed by atoms with Crippen LogP contribution in [0.1, 0.15) is 37.8 Å². The smallest absolute Gasteiger partial charge is 0.244 e. The van der Waals surface area contributed by atoms with Crippen LogP contribution in [0.5, 0.6) is 0 Å². The van der Waals surface area contributed by atoms with Gasteiger partial charge in [0.2, 0.25) is 15.9 Å². The monoisotopic (exact) mass is 451 g/mol. The zero-order valence-corrected chi connectivity index (χ0v) is 18.8. The second-order valence-corrected chi connectivity index (χ2v) is 10.3. The van der Waals surface area contributed by atoms with Gasteiger partial charge >= 0.3 is 0 Å². The molecule has 1 atom stereocenters. The van der Waals surface area contributed by atoms with Crippen LogP contribution >= 0.6 is 11.8 Å². The van der Waals surface area contributed by atoms with E-state index in [1.165, 1.54) is 34.4 Å². The molecular formula is C21H26FN3O3S2. The predicted molar refractivity (Wildman–Crippen MR) is 115 cm³/mol. The number of carbonyl (C=O) groups is 1. The molecule has 1 saturated heterocycles. The van der Waals surface area contributed by atoms with Gasteiger partial charge in [-0.1, -0.05) is 30.3 Å². The number of piperidine rings is 1. The van der Waals surface area contributed by atoms with Crippen LogP contribution in [0, 0.1) is 5.82 Å². The van der Waals surface area contributed by atoms with Gasteiger partial charge in [-0.2, -0.15) is 4.31 Å². The molecule has 1 aliphatic rings. The van der Waals surface area contributed by atoms with E-state index in [2.05, 4.69) is 4.98 Å². The summed E-state index contributed by atoms with van der Waals surface area (Å²) in [6, 6.07) is 9.08. The summed E-state index contributed by atoms with van der Waals surface area (Å²) in [5.74, 6) is -0.233. The molecule has 2 aromatic rings. The lowest BCUT2D eigenvalue weighted by Gasteiger charge is -2.26. The van der Waals surface area contributed by atoms with Crippen LogP contribution in [-0.2, 0) is 14.8 Å². The van der Waals surface area contributed by atoms with E-state index in [9.17, 15) is 17.6 Å². The summed E-state index contributed by atoms with van der Waals surface area (Å²) in [6.07, 6.45) is 4.18. The van der Waals surface area contributed by atoms with Crippen molar-refractivity contribution >= 4 is 27.7 Å². The number of rotatable bonds is 7. The quantitative estimate of drug-likeness (QED) is 0.600. The van der Waals surface area contributed by atoms with Crippen LogP contribution in [0.3, 0.4) is 0 Å². The first kappa shape index (κ1) is 22.7. The fourth-order valence-electron chi connectivity index (χ4n) is 3.28. The number of hydrogen-bond donors (Lipinski definition) is 0. The van der Waals surface area contributed by atoms with Gasteiger partial charge in [0, 0.05) is 26.3 Å². The van der Waals surface area contributed by atoms with E-state index in [1.54, 1.807) is 36.2 Å². The van der Waals surface area contributed by atoms with Crippen LogP contribution in [0.15, 0.2) is 52.5 Å². The van der Waals surface area contributed by atoms with Gasteiger partial charge < -0.3 is 4.90 Å². The topological polar surface area (TPSA) is 70.6 Å². The number of sulfonamides is 1. The Bertz CT molecular complexity index is 960. The molecule has 1 fully saturated rings. The van der Waals surface area contributed by atoms with Crippen LogP contribution in [0.4, 0.5) is 4.39 Å². The highest BCUT2D eigenvalue weighted by Crippen LogP contribution is 2.24. The minimum atomic E-state index is -3.51. The van der Waals surface area contributed by atoms with E-state index in [4.69, 9.17) is 0 Å². The molecule has 1 aliphatic heterocycles. The largest absolute Gasteiger partial charge is 0.338 e. The minimum Gasteiger partial charge on any atom is -0.338 e. The van der Waals surface area contributed by atoms with Crippen LogP contribution < -0.4 is 0 Å². The number of amides is 1. The zero-order chi connectivity index (χ0) is 21.7. The highest BCUT2D eigenvalue weighted by molar-refractivity contribution is 7.99. The van der Waals surface area contributed by atoms with E-state index in [0.717, 1.165) is 24.8 Å². The van der Waals surface area contributed by atoms with Crippen molar-refractivity contribution in [3.8, 4) is 0 Å². The fourth-order valence-corrected chi connectivity index (χ4v) is 5.51. The Labute approximate surface area is 181 Å². The van der Waals surface area contributed by atoms with Crippen LogP contribution in [0.2, 0.25) is 0 Å². The molecule has 2 heterocycles. The second-order valence-electron chi connectivity index (χ2n) is 7.32. The molecule has 3 rings (SSSR count). The Hall–Kier alpha value is -1.97. The summed E-state index contributed by atoms with van der Waals surface area (Å²) in [4.78, 5) is 18.5. The van der Waals surface area contributed by atoms with Gasteiger partial charge in [-0.05, 0) is 49.6 Å². The first-order valence-electron chi connectivity index (χ1n) is 9.89. The molecule has 9 heteroatoms. The number of aromatic nitrogens is 1. The molecule has 1 amide bonds. The van der Waals surface area contributed by atoms with E-state index in [0.29, 0.717) is 18.1 Å². The molecule has 0 radical (unpaired) electrons. The molecule has 162 valence electrons. The highest BCUT2D eigenvalue weighted by atomic mass is 32.2. The van der Waals surface area contributed by atoms with Crippen molar-refractivity contribution in [2.75, 3.05) is 25.9 Å². The molecule has 30 heavy (non-hydrogen) atoms. The van der Waals surface area contributed by atoms with Gasteiger partial charge in [-0.3, -0.25) is 4.79 Å². The average molecular weight is 452 g/mol. The Morgan fingerprint density at radius 2 is 1.83 bits per heavy atom. The Balaban J connectivity index is 1.57. The molecule has 0 saturated carbocycles. The molecule has 1 unspecified atom stereocenters. The van der Waals surface area contributed by atoms with E-state index in [1.807, 2.05) is 6.92 Å². The maximum absolute atomic E-state index is 13.1. The number of halogens is 1. The van der Waals surface area contributed by atoms with Crippen LogP contribution in [0.25, 0.3) is 0 Å². The maximum atomic E-state index is 13.1. The Morgan fingerprint density at radius 1 is 1.17 bits per heavy atom. The number of nitrogens with zero attached hydrogens (tertiary/aromatic N) is 3. The summed E-state index contributed by atoms with van der Waals surface area (Å²) >= 11 is 1.26. The van der Waals surface area contributed by atoms with E-state index in [-0.39, 0.29) is 28.4 Å². The van der Waals surface area contributed by atoms with E-state index < -0.39 is 10.0 Å². The maximum Gasteiger partial charge on any atom is 0.244 e. The van der Waals surface area contributed by atoms with Gasteiger partial charge in [0.15, 0.2) is 0 Å². The number of thioether (sulfide) groups is 1. The van der Waals surface area contributed by atoms with Crippen molar-refractivity contribution < 1.29 is 17.6 Å². The summed E-state index contributed by atoms with van der Waals surface area (Å²) in [7, 11) is -1.80. The second kappa shape index (κ2) is 9.89. The van der Waals surface area contributed by atoms with Gasteiger partial charge in [0.1, 0.15) is 10.7 Å². The van der Waals surface area contributed by atoms with Crippen molar-refractivity contribution in [3.63, 3.8) is 0 Å². The SMILES string of the molecule is CC(c1ccc(F)cc1)N(C)C(=O)CSc1ccc(S(=O)(=O)N2CCCCC2)cn1. The highest BCUT2D eigenvalue weighted by Gasteiger charge is 2.26. The number of benzene rings is 1. The first-order valence-corrected chi connectivity index (χ1v) is 12.3. The van der Waals surface area contributed by atoms with Gasteiger partial charge in [0.05, 0.1) is 16.8 Å². The molecule has 6 nitrogen and oxygen atoms in total. The number of hydrogen-bond acceptors (Lipinski definition) is 5. The molecule has 0 N–H and O–H groups in total. The number of carbonyl (C=O) groups excluding carboxylic acids is 1. The lowest BCUT2D eigenvalue weighted by molar-refractivity contribution is -0.128. The molecule has 1 aromatic carbocycles. The third-order valence-electron chi connectivity index (χ3n) is 5.33. The molecule has 1 aromatic heterocycles. The first-order chi connectivity index (χ1) is 14.3. The summed E-state index contributed by atoms with van der Waals surface area (Å²) in [5, 5.41) is 0.587. The lowest BCUT2D eigenvalue weighted by atomic mass is 10.1. The fraction of sp³-hybridized carbons (Fsp3) is 0.429. The molecule has 0 spiro atoms.